The van der Waals surface area contributed by atoms with Crippen molar-refractivity contribution < 1.29 is 0 Å². The lowest BCUT2D eigenvalue weighted by Crippen LogP contribution is -2.10. The van der Waals surface area contributed by atoms with Crippen molar-refractivity contribution in [1.82, 2.24) is 5.43 Å². The maximum Gasteiger partial charge on any atom is 0.0605 e. The van der Waals surface area contributed by atoms with E-state index in [2.05, 4.69) is 30.1 Å². The zero-order valence-electron chi connectivity index (χ0n) is 7.85. The maximum atomic E-state index is 4.24. The fourth-order valence-corrected chi connectivity index (χ4v) is 1.12. The molecule has 1 rings (SSSR count). The van der Waals surface area contributed by atoms with Crippen LogP contribution >= 0.6 is 0 Å². The molecule has 0 unspecified atom stereocenters. The number of allylic oxidation sites excluding steroid dienone is 2. The number of hydrazone groups is 1. The minimum Gasteiger partial charge on any atom is -0.306 e. The topological polar surface area (TPSA) is 24.4 Å². The number of rotatable bonds is 3. The Balaban J connectivity index is 2.33. The fourth-order valence-electron chi connectivity index (χ4n) is 1.12. The molecule has 1 N–H and O–H groups in total. The van der Waals surface area contributed by atoms with Crippen LogP contribution in [0.3, 0.4) is 0 Å². The number of nitrogens with one attached hydrogen (secondary N) is 1. The molecule has 0 heterocycles. The van der Waals surface area contributed by atoms with Crippen LogP contribution in [0.1, 0.15) is 26.7 Å². The summed E-state index contributed by atoms with van der Waals surface area (Å²) in [6.45, 7) is 8.69. The smallest absolute Gasteiger partial charge is 0.0605 e. The second-order valence-electron chi connectivity index (χ2n) is 3.39. The first-order chi connectivity index (χ1) is 5.68. The van der Waals surface area contributed by atoms with E-state index < -0.39 is 0 Å². The average molecular weight is 164 g/mol. The van der Waals surface area contributed by atoms with E-state index in [1.807, 2.05) is 6.92 Å². The third-order valence-electron chi connectivity index (χ3n) is 1.79. The summed E-state index contributed by atoms with van der Waals surface area (Å²) in [5.74, 6) is 0. The van der Waals surface area contributed by atoms with Crippen LogP contribution in [0.5, 0.6) is 0 Å². The summed E-state index contributed by atoms with van der Waals surface area (Å²) in [5.41, 5.74) is 6.68. The van der Waals surface area contributed by atoms with Crippen molar-refractivity contribution in [2.75, 3.05) is 6.54 Å². The van der Waals surface area contributed by atoms with Gasteiger partial charge in [0.1, 0.15) is 0 Å². The highest BCUT2D eigenvalue weighted by atomic mass is 15.3. The highest BCUT2D eigenvalue weighted by Crippen LogP contribution is 2.14. The Kier molecular flexibility index (Phi) is 3.09. The second-order valence-corrected chi connectivity index (χ2v) is 3.39. The first-order valence-corrected chi connectivity index (χ1v) is 4.29. The Bertz CT molecular complexity index is 236. The summed E-state index contributed by atoms with van der Waals surface area (Å²) in [5, 5.41) is 4.24. The molecule has 12 heavy (non-hydrogen) atoms. The molecule has 0 aromatic carbocycles. The Morgan fingerprint density at radius 1 is 1.67 bits per heavy atom. The molecular weight excluding hydrogens is 148 g/mol. The minimum absolute atomic E-state index is 0.774. The molecule has 0 bridgehead atoms. The highest BCUT2D eigenvalue weighted by Gasteiger charge is 2.05. The van der Waals surface area contributed by atoms with Gasteiger partial charge in [-0.15, -0.1) is 0 Å². The quantitative estimate of drug-likeness (QED) is 0.502. The summed E-state index contributed by atoms with van der Waals surface area (Å²) in [4.78, 5) is 0. The summed E-state index contributed by atoms with van der Waals surface area (Å²) >= 11 is 0. The van der Waals surface area contributed by atoms with E-state index in [0.29, 0.717) is 0 Å². The molecule has 1 aliphatic rings. The number of hydrogen-bond donors (Lipinski definition) is 1. The van der Waals surface area contributed by atoms with Gasteiger partial charge in [0.2, 0.25) is 0 Å². The molecule has 0 atom stereocenters. The van der Waals surface area contributed by atoms with E-state index in [1.165, 1.54) is 5.57 Å². The van der Waals surface area contributed by atoms with Crippen LogP contribution in [0, 0.1) is 0 Å². The van der Waals surface area contributed by atoms with E-state index in [1.54, 1.807) is 0 Å². The Morgan fingerprint density at radius 3 is 2.92 bits per heavy atom. The standard InChI is InChI=1S/C10H16N2/c1-8(2)7-11-12-10-5-4-9(3)6-10/h6,11H,1,4-5,7H2,2-3H3/b12-10+. The summed E-state index contributed by atoms with van der Waals surface area (Å²) in [6, 6.07) is 0. The van der Waals surface area contributed by atoms with Crippen LogP contribution in [-0.2, 0) is 0 Å². The molecule has 2 nitrogen and oxygen atoms in total. The SMILES string of the molecule is C=C(C)CN/N=C1/C=C(C)CC1. The van der Waals surface area contributed by atoms with Crippen molar-refractivity contribution in [2.45, 2.75) is 26.7 Å². The molecular formula is C10H16N2. The van der Waals surface area contributed by atoms with Gasteiger partial charge < -0.3 is 5.43 Å². The molecule has 0 saturated heterocycles. The van der Waals surface area contributed by atoms with Gasteiger partial charge in [-0.25, -0.2) is 0 Å². The van der Waals surface area contributed by atoms with Crippen LogP contribution in [-0.4, -0.2) is 12.3 Å². The van der Waals surface area contributed by atoms with Crippen molar-refractivity contribution in [3.05, 3.63) is 23.8 Å². The summed E-state index contributed by atoms with van der Waals surface area (Å²) in [7, 11) is 0. The molecule has 0 fully saturated rings. The third-order valence-corrected chi connectivity index (χ3v) is 1.79. The second kappa shape index (κ2) is 4.10. The van der Waals surface area contributed by atoms with Gasteiger partial charge in [-0.1, -0.05) is 17.7 Å². The molecule has 0 aromatic heterocycles. The molecule has 0 amide bonds. The van der Waals surface area contributed by atoms with Gasteiger partial charge in [-0.05, 0) is 32.8 Å². The van der Waals surface area contributed by atoms with Crippen LogP contribution in [0.25, 0.3) is 0 Å². The lowest BCUT2D eigenvalue weighted by atomic mass is 10.3. The molecule has 0 radical (unpaired) electrons. The lowest BCUT2D eigenvalue weighted by molar-refractivity contribution is 0.796. The summed E-state index contributed by atoms with van der Waals surface area (Å²) < 4.78 is 0. The third kappa shape index (κ3) is 2.91. The van der Waals surface area contributed by atoms with Crippen molar-refractivity contribution in [1.29, 1.82) is 0 Å². The van der Waals surface area contributed by atoms with Crippen LogP contribution in [0.4, 0.5) is 0 Å². The summed E-state index contributed by atoms with van der Waals surface area (Å²) in [6.07, 6.45) is 4.38. The van der Waals surface area contributed by atoms with Crippen molar-refractivity contribution in [3.63, 3.8) is 0 Å². The van der Waals surface area contributed by atoms with Gasteiger partial charge in [-0.2, -0.15) is 5.10 Å². The Morgan fingerprint density at radius 2 is 2.42 bits per heavy atom. The Labute approximate surface area is 74.1 Å². The zero-order chi connectivity index (χ0) is 8.97. The number of hydrogen-bond acceptors (Lipinski definition) is 2. The van der Waals surface area contributed by atoms with Crippen LogP contribution in [0.2, 0.25) is 0 Å². The molecule has 0 aromatic rings. The van der Waals surface area contributed by atoms with Gasteiger partial charge in [0.05, 0.1) is 12.3 Å². The van der Waals surface area contributed by atoms with Crippen molar-refractivity contribution >= 4 is 5.71 Å². The van der Waals surface area contributed by atoms with Crippen LogP contribution in [0.15, 0.2) is 28.9 Å². The first-order valence-electron chi connectivity index (χ1n) is 4.29. The molecule has 0 spiro atoms. The van der Waals surface area contributed by atoms with E-state index in [4.69, 9.17) is 0 Å². The van der Waals surface area contributed by atoms with Crippen LogP contribution < -0.4 is 5.43 Å². The van der Waals surface area contributed by atoms with Gasteiger partial charge in [0.15, 0.2) is 0 Å². The molecule has 0 saturated carbocycles. The largest absolute Gasteiger partial charge is 0.306 e. The maximum absolute atomic E-state index is 4.24. The average Bonchev–Trinajstić information content (AvgIpc) is 2.35. The fraction of sp³-hybridized carbons (Fsp3) is 0.500. The number of nitrogens with zero attached hydrogens (tertiary/aromatic N) is 1. The van der Waals surface area contributed by atoms with Gasteiger partial charge in [-0.3, -0.25) is 0 Å². The molecule has 1 aliphatic carbocycles. The van der Waals surface area contributed by atoms with E-state index in [0.717, 1.165) is 30.7 Å². The van der Waals surface area contributed by atoms with Crippen molar-refractivity contribution in [2.24, 2.45) is 5.10 Å². The van der Waals surface area contributed by atoms with E-state index >= 15 is 0 Å². The van der Waals surface area contributed by atoms with E-state index in [9.17, 15) is 0 Å². The predicted molar refractivity (Wildman–Crippen MR) is 53.2 cm³/mol. The molecule has 2 heteroatoms. The first kappa shape index (κ1) is 9.04. The Hall–Kier alpha value is -1.05. The minimum atomic E-state index is 0.774. The highest BCUT2D eigenvalue weighted by molar-refractivity contribution is 5.97. The van der Waals surface area contributed by atoms with Gasteiger partial charge >= 0.3 is 0 Å². The van der Waals surface area contributed by atoms with Crippen molar-refractivity contribution in [3.8, 4) is 0 Å². The van der Waals surface area contributed by atoms with E-state index in [-0.39, 0.29) is 0 Å². The zero-order valence-corrected chi connectivity index (χ0v) is 7.85. The lowest BCUT2D eigenvalue weighted by Gasteiger charge is -1.98. The predicted octanol–water partition coefficient (Wildman–Crippen LogP) is 2.25. The monoisotopic (exact) mass is 164 g/mol. The van der Waals surface area contributed by atoms with Gasteiger partial charge in [0.25, 0.3) is 0 Å². The molecule has 66 valence electrons. The normalized spacial score (nSPS) is 19.5. The van der Waals surface area contributed by atoms with Gasteiger partial charge in [0, 0.05) is 0 Å². The molecule has 0 aliphatic heterocycles.